The molecule has 32 heavy (non-hydrogen) atoms. The Labute approximate surface area is 191 Å². The van der Waals surface area contributed by atoms with E-state index in [9.17, 15) is 4.79 Å². The summed E-state index contributed by atoms with van der Waals surface area (Å²) < 4.78 is 16.8. The van der Waals surface area contributed by atoms with Gasteiger partial charge in [0.05, 0.1) is 26.4 Å². The molecule has 0 atom stereocenters. The van der Waals surface area contributed by atoms with Crippen molar-refractivity contribution in [1.29, 1.82) is 0 Å². The van der Waals surface area contributed by atoms with E-state index in [1.54, 1.807) is 12.0 Å². The van der Waals surface area contributed by atoms with Crippen molar-refractivity contribution in [2.45, 2.75) is 71.1 Å². The minimum atomic E-state index is -0.221. The number of methoxy groups -OCH3 is 1. The van der Waals surface area contributed by atoms with Gasteiger partial charge >= 0.3 is 6.09 Å². The highest BCUT2D eigenvalue weighted by Gasteiger charge is 2.24. The number of carbonyl (C=O) groups excluding carboxylic acids is 1. The highest BCUT2D eigenvalue weighted by atomic mass is 16.6. The first-order chi connectivity index (χ1) is 15.6. The maximum Gasteiger partial charge on any atom is 0.409 e. The lowest BCUT2D eigenvalue weighted by atomic mass is 10.1. The lowest BCUT2D eigenvalue weighted by Crippen LogP contribution is -2.49. The number of rotatable bonds is 8. The predicted octanol–water partition coefficient (Wildman–Crippen LogP) is 3.69. The number of guanidine groups is 1. The summed E-state index contributed by atoms with van der Waals surface area (Å²) in [7, 11) is 1.68. The summed E-state index contributed by atoms with van der Waals surface area (Å²) in [4.78, 5) is 18.5. The van der Waals surface area contributed by atoms with E-state index in [2.05, 4.69) is 17.6 Å². The molecule has 0 spiro atoms. The van der Waals surface area contributed by atoms with Crippen LogP contribution in [0.5, 0.6) is 11.5 Å². The third kappa shape index (κ3) is 6.93. The van der Waals surface area contributed by atoms with Crippen LogP contribution < -0.4 is 20.1 Å². The lowest BCUT2D eigenvalue weighted by Gasteiger charge is -2.32. The monoisotopic (exact) mass is 446 g/mol. The van der Waals surface area contributed by atoms with Gasteiger partial charge in [-0.15, -0.1) is 0 Å². The van der Waals surface area contributed by atoms with Crippen LogP contribution in [-0.2, 0) is 11.3 Å². The zero-order chi connectivity index (χ0) is 22.8. The number of amides is 1. The van der Waals surface area contributed by atoms with Crippen LogP contribution in [0.2, 0.25) is 0 Å². The molecule has 1 heterocycles. The molecule has 2 aliphatic rings. The minimum Gasteiger partial charge on any atom is -0.493 e. The second-order valence-electron chi connectivity index (χ2n) is 8.31. The largest absolute Gasteiger partial charge is 0.493 e. The Morgan fingerprint density at radius 3 is 2.53 bits per heavy atom. The summed E-state index contributed by atoms with van der Waals surface area (Å²) >= 11 is 0. The van der Waals surface area contributed by atoms with Crippen molar-refractivity contribution >= 4 is 12.1 Å². The number of ether oxygens (including phenoxy) is 3. The summed E-state index contributed by atoms with van der Waals surface area (Å²) in [5, 5.41) is 6.85. The summed E-state index contributed by atoms with van der Waals surface area (Å²) in [6, 6.07) is 6.31. The standard InChI is InChI=1S/C24H38N4O4/c1-4-25-23(27-19-12-14-28(15-13-19)24(29)31-5-2)26-17-18-10-11-21(30-3)22(16-18)32-20-8-6-7-9-20/h10-11,16,19-20H,4-9,12-15,17H2,1-3H3,(H2,25,26,27). The topological polar surface area (TPSA) is 84.4 Å². The Morgan fingerprint density at radius 2 is 1.88 bits per heavy atom. The Hall–Kier alpha value is -2.64. The van der Waals surface area contributed by atoms with E-state index in [1.807, 2.05) is 25.1 Å². The fourth-order valence-corrected chi connectivity index (χ4v) is 4.20. The fourth-order valence-electron chi connectivity index (χ4n) is 4.20. The van der Waals surface area contributed by atoms with Gasteiger partial charge in [-0.3, -0.25) is 0 Å². The maximum atomic E-state index is 11.9. The number of benzene rings is 1. The van der Waals surface area contributed by atoms with Crippen molar-refractivity contribution in [2.24, 2.45) is 4.99 Å². The number of aliphatic imine (C=N–C) groups is 1. The number of carbonyl (C=O) groups is 1. The lowest BCUT2D eigenvalue weighted by molar-refractivity contribution is 0.0963. The summed E-state index contributed by atoms with van der Waals surface area (Å²) in [5.74, 6) is 2.36. The van der Waals surface area contributed by atoms with Crippen molar-refractivity contribution < 1.29 is 19.0 Å². The molecule has 0 radical (unpaired) electrons. The first kappa shape index (κ1) is 24.0. The van der Waals surface area contributed by atoms with E-state index < -0.39 is 0 Å². The molecular weight excluding hydrogens is 408 g/mol. The van der Waals surface area contributed by atoms with Crippen molar-refractivity contribution in [3.05, 3.63) is 23.8 Å². The number of hydrogen-bond donors (Lipinski definition) is 2. The van der Waals surface area contributed by atoms with Gasteiger partial charge < -0.3 is 29.7 Å². The average Bonchev–Trinajstić information content (AvgIpc) is 3.31. The van der Waals surface area contributed by atoms with Gasteiger partial charge in [-0.05, 0) is 70.1 Å². The second kappa shape index (κ2) is 12.4. The summed E-state index contributed by atoms with van der Waals surface area (Å²) in [6.07, 6.45) is 6.46. The van der Waals surface area contributed by atoms with E-state index >= 15 is 0 Å². The SMILES string of the molecule is CCNC(=NCc1ccc(OC)c(OC2CCCC2)c1)NC1CCN(C(=O)OCC)CC1. The number of likely N-dealkylation sites (tertiary alicyclic amines) is 1. The number of hydrogen-bond acceptors (Lipinski definition) is 5. The maximum absolute atomic E-state index is 11.9. The first-order valence-corrected chi connectivity index (χ1v) is 11.9. The molecule has 2 N–H and O–H groups in total. The third-order valence-electron chi connectivity index (χ3n) is 5.95. The molecule has 1 aliphatic heterocycles. The molecule has 1 aliphatic carbocycles. The van der Waals surface area contributed by atoms with Crippen LogP contribution in [0.3, 0.4) is 0 Å². The van der Waals surface area contributed by atoms with E-state index in [4.69, 9.17) is 19.2 Å². The zero-order valence-corrected chi connectivity index (χ0v) is 19.7. The molecule has 178 valence electrons. The van der Waals surface area contributed by atoms with Crippen molar-refractivity contribution in [3.8, 4) is 11.5 Å². The number of piperidine rings is 1. The highest BCUT2D eigenvalue weighted by Crippen LogP contribution is 2.32. The third-order valence-corrected chi connectivity index (χ3v) is 5.95. The Morgan fingerprint density at radius 1 is 1.12 bits per heavy atom. The van der Waals surface area contributed by atoms with Gasteiger partial charge in [0.15, 0.2) is 17.5 Å². The smallest absolute Gasteiger partial charge is 0.409 e. The van der Waals surface area contributed by atoms with Gasteiger partial charge in [-0.1, -0.05) is 6.07 Å². The van der Waals surface area contributed by atoms with Gasteiger partial charge in [-0.25, -0.2) is 9.79 Å². The van der Waals surface area contributed by atoms with E-state index in [0.717, 1.165) is 55.3 Å². The molecule has 2 fully saturated rings. The molecule has 0 aromatic heterocycles. The molecule has 1 aromatic rings. The van der Waals surface area contributed by atoms with Crippen molar-refractivity contribution in [2.75, 3.05) is 33.4 Å². The molecule has 0 unspecified atom stereocenters. The van der Waals surface area contributed by atoms with Crippen LogP contribution in [0.1, 0.15) is 57.9 Å². The van der Waals surface area contributed by atoms with E-state index in [-0.39, 0.29) is 18.2 Å². The van der Waals surface area contributed by atoms with Crippen LogP contribution in [0.4, 0.5) is 4.79 Å². The predicted molar refractivity (Wildman–Crippen MR) is 125 cm³/mol. The van der Waals surface area contributed by atoms with Gasteiger partial charge in [0.2, 0.25) is 0 Å². The van der Waals surface area contributed by atoms with Crippen molar-refractivity contribution in [1.82, 2.24) is 15.5 Å². The normalized spacial score (nSPS) is 17.8. The van der Waals surface area contributed by atoms with Gasteiger partial charge in [-0.2, -0.15) is 0 Å². The van der Waals surface area contributed by atoms with E-state index in [0.29, 0.717) is 26.2 Å². The minimum absolute atomic E-state index is 0.221. The van der Waals surface area contributed by atoms with Crippen molar-refractivity contribution in [3.63, 3.8) is 0 Å². The Balaban J connectivity index is 1.58. The van der Waals surface area contributed by atoms with E-state index in [1.165, 1.54) is 12.8 Å². The van der Waals surface area contributed by atoms with Crippen LogP contribution in [0.25, 0.3) is 0 Å². The van der Waals surface area contributed by atoms with Gasteiger partial charge in [0.1, 0.15) is 0 Å². The van der Waals surface area contributed by atoms with Gasteiger partial charge in [0, 0.05) is 25.7 Å². The molecule has 0 bridgehead atoms. The quantitative estimate of drug-likeness (QED) is 0.468. The molecule has 3 rings (SSSR count). The second-order valence-corrected chi connectivity index (χ2v) is 8.31. The fraction of sp³-hybridized carbons (Fsp3) is 0.667. The zero-order valence-electron chi connectivity index (χ0n) is 19.7. The molecule has 1 saturated heterocycles. The molecule has 8 nitrogen and oxygen atoms in total. The Bertz CT molecular complexity index is 756. The average molecular weight is 447 g/mol. The molecule has 8 heteroatoms. The Kier molecular flexibility index (Phi) is 9.31. The van der Waals surface area contributed by atoms with Crippen LogP contribution in [-0.4, -0.2) is 62.4 Å². The number of nitrogens with one attached hydrogen (secondary N) is 2. The molecule has 1 saturated carbocycles. The van der Waals surface area contributed by atoms with Gasteiger partial charge in [0.25, 0.3) is 0 Å². The van der Waals surface area contributed by atoms with Crippen LogP contribution >= 0.6 is 0 Å². The summed E-state index contributed by atoms with van der Waals surface area (Å²) in [6.45, 7) is 7.01. The first-order valence-electron chi connectivity index (χ1n) is 11.9. The highest BCUT2D eigenvalue weighted by molar-refractivity contribution is 5.80. The van der Waals surface area contributed by atoms with Crippen LogP contribution in [0.15, 0.2) is 23.2 Å². The molecule has 1 amide bonds. The summed E-state index contributed by atoms with van der Waals surface area (Å²) in [5.41, 5.74) is 1.08. The number of nitrogens with zero attached hydrogens (tertiary/aromatic N) is 2. The van der Waals surface area contributed by atoms with Crippen LogP contribution in [0, 0.1) is 0 Å². The molecule has 1 aromatic carbocycles. The molecular formula is C24H38N4O4.